The van der Waals surface area contributed by atoms with E-state index >= 15 is 0 Å². The molecule has 0 fully saturated rings. The third-order valence-corrected chi connectivity index (χ3v) is 4.16. The van der Waals surface area contributed by atoms with Crippen LogP contribution in [0.2, 0.25) is 0 Å². The van der Waals surface area contributed by atoms with Crippen LogP contribution in [0.1, 0.15) is 26.3 Å². The third-order valence-electron chi connectivity index (χ3n) is 4.16. The molecular formula is C22H17F3N2O2. The number of benzene rings is 3. The molecule has 0 saturated heterocycles. The summed E-state index contributed by atoms with van der Waals surface area (Å²) in [7, 11) is 0. The highest BCUT2D eigenvalue weighted by atomic mass is 19.4. The Bertz CT molecular complexity index is 990. The summed E-state index contributed by atoms with van der Waals surface area (Å²) in [5.41, 5.74) is -0.699. The minimum atomic E-state index is -4.62. The van der Waals surface area contributed by atoms with E-state index in [-0.39, 0.29) is 16.8 Å². The number of amides is 1. The van der Waals surface area contributed by atoms with Crippen molar-refractivity contribution >= 4 is 17.4 Å². The first-order valence-corrected chi connectivity index (χ1v) is 8.74. The Morgan fingerprint density at radius 3 is 1.83 bits per heavy atom. The Hall–Kier alpha value is -3.61. The summed E-state index contributed by atoms with van der Waals surface area (Å²) in [6, 6.07) is 20.9. The van der Waals surface area contributed by atoms with E-state index in [0.29, 0.717) is 0 Å². The third kappa shape index (κ3) is 5.01. The van der Waals surface area contributed by atoms with Gasteiger partial charge in [-0.3, -0.25) is 9.59 Å². The van der Waals surface area contributed by atoms with E-state index < -0.39 is 29.6 Å². The number of alkyl halides is 3. The molecule has 3 aromatic rings. The topological polar surface area (TPSA) is 58.2 Å². The summed E-state index contributed by atoms with van der Waals surface area (Å²) >= 11 is 0. The smallest absolute Gasteiger partial charge is 0.358 e. The van der Waals surface area contributed by atoms with Crippen LogP contribution in [-0.2, 0) is 6.18 Å². The molecule has 0 spiro atoms. The molecular weight excluding hydrogens is 381 g/mol. The van der Waals surface area contributed by atoms with Gasteiger partial charge in [0, 0.05) is 16.8 Å². The average molecular weight is 398 g/mol. The molecule has 1 atom stereocenters. The fourth-order valence-electron chi connectivity index (χ4n) is 2.75. The number of anilines is 1. The number of hydrogen-bond donors (Lipinski definition) is 2. The van der Waals surface area contributed by atoms with Crippen LogP contribution in [0.25, 0.3) is 0 Å². The molecule has 0 aromatic heterocycles. The predicted octanol–water partition coefficient (Wildman–Crippen LogP) is 4.76. The average Bonchev–Trinajstić information content (AvgIpc) is 2.73. The quantitative estimate of drug-likeness (QED) is 0.465. The van der Waals surface area contributed by atoms with Crippen molar-refractivity contribution in [2.45, 2.75) is 12.3 Å². The summed E-state index contributed by atoms with van der Waals surface area (Å²) in [5, 5.41) is 5.04. The second-order valence-electron chi connectivity index (χ2n) is 6.19. The number of carbonyl (C=O) groups excluding carboxylic acids is 2. The van der Waals surface area contributed by atoms with Gasteiger partial charge in [-0.25, -0.2) is 0 Å². The molecule has 4 nitrogen and oxygen atoms in total. The van der Waals surface area contributed by atoms with E-state index in [4.69, 9.17) is 0 Å². The lowest BCUT2D eigenvalue weighted by molar-refractivity contribution is -0.137. The van der Waals surface area contributed by atoms with Crippen LogP contribution in [0, 0.1) is 0 Å². The molecule has 1 amide bonds. The molecule has 3 aromatic carbocycles. The van der Waals surface area contributed by atoms with E-state index in [1.807, 2.05) is 0 Å². The molecule has 0 saturated carbocycles. The minimum Gasteiger partial charge on any atom is -0.358 e. The van der Waals surface area contributed by atoms with Gasteiger partial charge in [-0.15, -0.1) is 0 Å². The van der Waals surface area contributed by atoms with Crippen molar-refractivity contribution in [2.75, 3.05) is 5.32 Å². The lowest BCUT2D eigenvalue weighted by Crippen LogP contribution is -2.46. The zero-order valence-corrected chi connectivity index (χ0v) is 15.1. The maximum absolute atomic E-state index is 13.3. The first-order chi connectivity index (χ1) is 13.9. The summed E-state index contributed by atoms with van der Waals surface area (Å²) in [5.74, 6) is -1.15. The number of carbonyl (C=O) groups is 2. The summed E-state index contributed by atoms with van der Waals surface area (Å²) in [4.78, 5) is 25.5. The Kier molecular flexibility index (Phi) is 5.97. The van der Waals surface area contributed by atoms with Crippen LogP contribution < -0.4 is 10.6 Å². The van der Waals surface area contributed by atoms with E-state index in [1.165, 1.54) is 30.3 Å². The largest absolute Gasteiger partial charge is 0.418 e. The molecule has 0 aliphatic carbocycles. The van der Waals surface area contributed by atoms with Gasteiger partial charge in [0.2, 0.25) is 5.78 Å². The van der Waals surface area contributed by atoms with Gasteiger partial charge in [-0.05, 0) is 24.3 Å². The molecule has 0 aliphatic rings. The first kappa shape index (κ1) is 20.1. The Labute approximate surface area is 165 Å². The molecule has 0 radical (unpaired) electrons. The second kappa shape index (κ2) is 8.60. The van der Waals surface area contributed by atoms with Crippen molar-refractivity contribution in [3.63, 3.8) is 0 Å². The maximum Gasteiger partial charge on any atom is 0.418 e. The lowest BCUT2D eigenvalue weighted by Gasteiger charge is -2.23. The number of rotatable bonds is 6. The van der Waals surface area contributed by atoms with Gasteiger partial charge in [0.05, 0.1) is 5.56 Å². The number of Topliss-reactive ketones (excluding diaryl/α,β-unsaturated/α-hetero) is 1. The van der Waals surface area contributed by atoms with Gasteiger partial charge in [0.1, 0.15) is 0 Å². The Balaban J connectivity index is 1.93. The summed E-state index contributed by atoms with van der Waals surface area (Å²) < 4.78 is 40.0. The highest BCUT2D eigenvalue weighted by molar-refractivity contribution is 6.05. The Morgan fingerprint density at radius 1 is 0.724 bits per heavy atom. The Morgan fingerprint density at radius 2 is 1.24 bits per heavy atom. The molecule has 7 heteroatoms. The van der Waals surface area contributed by atoms with Gasteiger partial charge in [0.25, 0.3) is 5.91 Å². The fourth-order valence-corrected chi connectivity index (χ4v) is 2.75. The van der Waals surface area contributed by atoms with E-state index in [0.717, 1.165) is 6.07 Å². The van der Waals surface area contributed by atoms with Crippen molar-refractivity contribution in [1.29, 1.82) is 0 Å². The standard InChI is InChI=1S/C22H17F3N2O2/c23-22(24,25)17-13-7-8-14-18(17)26-20(19(28)15-9-3-1-4-10-15)27-21(29)16-11-5-2-6-12-16/h1-14,20,26H,(H,27,29)/t20-/m0/s1. The number of halogens is 3. The van der Waals surface area contributed by atoms with E-state index in [2.05, 4.69) is 10.6 Å². The molecule has 0 unspecified atom stereocenters. The van der Waals surface area contributed by atoms with Gasteiger partial charge >= 0.3 is 6.18 Å². The van der Waals surface area contributed by atoms with Gasteiger partial charge in [0.15, 0.2) is 6.17 Å². The number of para-hydroxylation sites is 1. The zero-order valence-electron chi connectivity index (χ0n) is 15.1. The van der Waals surface area contributed by atoms with Crippen LogP contribution >= 0.6 is 0 Å². The van der Waals surface area contributed by atoms with Crippen LogP contribution in [0.3, 0.4) is 0 Å². The molecule has 3 rings (SSSR count). The fraction of sp³-hybridized carbons (Fsp3) is 0.0909. The van der Waals surface area contributed by atoms with Crippen LogP contribution in [0.5, 0.6) is 0 Å². The van der Waals surface area contributed by atoms with E-state index in [1.54, 1.807) is 48.5 Å². The van der Waals surface area contributed by atoms with Crippen LogP contribution in [0.15, 0.2) is 84.9 Å². The van der Waals surface area contributed by atoms with Crippen molar-refractivity contribution in [2.24, 2.45) is 0 Å². The lowest BCUT2D eigenvalue weighted by atomic mass is 10.1. The minimum absolute atomic E-state index is 0.253. The SMILES string of the molecule is O=C(N[C@H](Nc1ccccc1C(F)(F)F)C(=O)c1ccccc1)c1ccccc1. The molecule has 29 heavy (non-hydrogen) atoms. The van der Waals surface area contributed by atoms with Gasteiger partial charge < -0.3 is 10.6 Å². The van der Waals surface area contributed by atoms with Crippen molar-refractivity contribution < 1.29 is 22.8 Å². The highest BCUT2D eigenvalue weighted by Crippen LogP contribution is 2.34. The normalized spacial score (nSPS) is 12.1. The first-order valence-electron chi connectivity index (χ1n) is 8.74. The van der Waals surface area contributed by atoms with Crippen LogP contribution in [0.4, 0.5) is 18.9 Å². The van der Waals surface area contributed by atoms with Crippen LogP contribution in [-0.4, -0.2) is 17.9 Å². The summed E-state index contributed by atoms with van der Waals surface area (Å²) in [6.45, 7) is 0. The monoisotopic (exact) mass is 398 g/mol. The van der Waals surface area contributed by atoms with Gasteiger partial charge in [-0.2, -0.15) is 13.2 Å². The van der Waals surface area contributed by atoms with E-state index in [9.17, 15) is 22.8 Å². The molecule has 0 aliphatic heterocycles. The maximum atomic E-state index is 13.3. The molecule has 0 heterocycles. The number of hydrogen-bond acceptors (Lipinski definition) is 3. The molecule has 0 bridgehead atoms. The second-order valence-corrected chi connectivity index (χ2v) is 6.19. The molecule has 148 valence electrons. The predicted molar refractivity (Wildman–Crippen MR) is 104 cm³/mol. The summed E-state index contributed by atoms with van der Waals surface area (Å²) in [6.07, 6.45) is -6.01. The zero-order chi connectivity index (χ0) is 20.9. The van der Waals surface area contributed by atoms with Crippen molar-refractivity contribution in [3.8, 4) is 0 Å². The number of ketones is 1. The molecule has 2 N–H and O–H groups in total. The highest BCUT2D eigenvalue weighted by Gasteiger charge is 2.34. The number of nitrogens with one attached hydrogen (secondary N) is 2. The van der Waals surface area contributed by atoms with Crippen molar-refractivity contribution in [1.82, 2.24) is 5.32 Å². The van der Waals surface area contributed by atoms with Crippen molar-refractivity contribution in [3.05, 3.63) is 102 Å². The van der Waals surface area contributed by atoms with Gasteiger partial charge in [-0.1, -0.05) is 60.7 Å².